The predicted molar refractivity (Wildman–Crippen MR) is 107 cm³/mol. The molecule has 3 rings (SSSR count). The van der Waals surface area contributed by atoms with Gasteiger partial charge in [0.2, 0.25) is 11.0 Å². The molecule has 29 heavy (non-hydrogen) atoms. The van der Waals surface area contributed by atoms with Crippen LogP contribution in [0.1, 0.15) is 30.9 Å². The van der Waals surface area contributed by atoms with Gasteiger partial charge in [0.15, 0.2) is 5.69 Å². The van der Waals surface area contributed by atoms with Crippen molar-refractivity contribution in [2.24, 2.45) is 10.2 Å². The molecule has 0 saturated carbocycles. The van der Waals surface area contributed by atoms with Crippen LogP contribution in [0.5, 0.6) is 5.88 Å². The Morgan fingerprint density at radius 3 is 2.83 bits per heavy atom. The zero-order valence-corrected chi connectivity index (χ0v) is 16.4. The Bertz CT molecular complexity index is 1240. The summed E-state index contributed by atoms with van der Waals surface area (Å²) in [5, 5.41) is 38.7. The van der Waals surface area contributed by atoms with E-state index in [-0.39, 0.29) is 40.1 Å². The minimum atomic E-state index is -0.548. The summed E-state index contributed by atoms with van der Waals surface area (Å²) in [7, 11) is 0. The number of fused-ring (bicyclic) bond motifs is 1. The minimum Gasteiger partial charge on any atom is -0.493 e. The Morgan fingerprint density at radius 1 is 1.41 bits per heavy atom. The number of benzene rings is 1. The van der Waals surface area contributed by atoms with Crippen LogP contribution in [0.4, 0.5) is 16.5 Å². The van der Waals surface area contributed by atoms with Crippen LogP contribution in [0, 0.1) is 28.4 Å². The van der Waals surface area contributed by atoms with Crippen molar-refractivity contribution < 1.29 is 10.0 Å². The maximum absolute atomic E-state index is 12.7. The van der Waals surface area contributed by atoms with Gasteiger partial charge in [0.25, 0.3) is 11.2 Å². The fourth-order valence-electron chi connectivity index (χ4n) is 2.73. The smallest absolute Gasteiger partial charge is 0.281 e. The number of azo groups is 1. The summed E-state index contributed by atoms with van der Waals surface area (Å²) in [6, 6.07) is 6.15. The van der Waals surface area contributed by atoms with Crippen molar-refractivity contribution in [1.82, 2.24) is 9.55 Å². The van der Waals surface area contributed by atoms with Crippen molar-refractivity contribution in [2.75, 3.05) is 0 Å². The van der Waals surface area contributed by atoms with Crippen molar-refractivity contribution in [3.8, 4) is 11.9 Å². The number of thiazole rings is 1. The Kier molecular flexibility index (Phi) is 5.65. The first-order valence-corrected chi connectivity index (χ1v) is 9.52. The van der Waals surface area contributed by atoms with Crippen LogP contribution in [0.3, 0.4) is 0 Å². The third kappa shape index (κ3) is 3.83. The second kappa shape index (κ2) is 8.15. The Balaban J connectivity index is 2.06. The van der Waals surface area contributed by atoms with Gasteiger partial charge in [0.05, 0.1) is 15.1 Å². The molecule has 1 N–H and O–H groups in total. The Labute approximate surface area is 168 Å². The van der Waals surface area contributed by atoms with Crippen molar-refractivity contribution >= 4 is 38.1 Å². The number of nitro groups is 1. The monoisotopic (exact) mass is 412 g/mol. The number of rotatable bonds is 6. The number of hydrogen-bond acceptors (Lipinski definition) is 9. The molecule has 148 valence electrons. The Morgan fingerprint density at radius 2 is 2.17 bits per heavy atom. The molecule has 0 unspecified atom stereocenters. The number of unbranched alkanes of at least 4 members (excludes halogenated alkanes) is 1. The highest BCUT2D eigenvalue weighted by Gasteiger charge is 2.19. The van der Waals surface area contributed by atoms with Gasteiger partial charge in [-0.05, 0) is 19.4 Å². The quantitative estimate of drug-likeness (QED) is 0.359. The summed E-state index contributed by atoms with van der Waals surface area (Å²) in [6.07, 6.45) is 1.45. The van der Waals surface area contributed by atoms with E-state index in [1.54, 1.807) is 0 Å². The van der Waals surface area contributed by atoms with E-state index in [4.69, 9.17) is 0 Å². The molecule has 2 aromatic heterocycles. The van der Waals surface area contributed by atoms with E-state index >= 15 is 0 Å². The lowest BCUT2D eigenvalue weighted by Crippen LogP contribution is -2.22. The molecule has 1 aromatic carbocycles. The van der Waals surface area contributed by atoms with E-state index in [0.29, 0.717) is 16.6 Å². The third-order valence-electron chi connectivity index (χ3n) is 4.31. The van der Waals surface area contributed by atoms with E-state index in [0.717, 1.165) is 22.3 Å². The van der Waals surface area contributed by atoms with Crippen molar-refractivity contribution in [2.45, 2.75) is 33.2 Å². The summed E-state index contributed by atoms with van der Waals surface area (Å²) in [5.74, 6) is -0.380. The number of non-ortho nitro benzene ring substituents is 1. The average Bonchev–Trinajstić information content (AvgIpc) is 3.10. The van der Waals surface area contributed by atoms with E-state index in [1.165, 1.54) is 25.1 Å². The zero-order valence-electron chi connectivity index (χ0n) is 15.6. The van der Waals surface area contributed by atoms with Crippen molar-refractivity contribution in [1.29, 1.82) is 5.26 Å². The molecular formula is C18H16N6O4S. The van der Waals surface area contributed by atoms with Crippen LogP contribution in [0.2, 0.25) is 0 Å². The molecule has 0 bridgehead atoms. The fraction of sp³-hybridized carbons (Fsp3) is 0.278. The van der Waals surface area contributed by atoms with Crippen LogP contribution in [0.15, 0.2) is 33.2 Å². The lowest BCUT2D eigenvalue weighted by Gasteiger charge is -2.12. The number of pyridine rings is 1. The molecule has 0 spiro atoms. The van der Waals surface area contributed by atoms with E-state index in [1.807, 2.05) is 13.0 Å². The maximum atomic E-state index is 12.7. The number of aromatic hydroxyl groups is 1. The van der Waals surface area contributed by atoms with Crippen LogP contribution in [-0.4, -0.2) is 19.6 Å². The molecule has 0 amide bonds. The van der Waals surface area contributed by atoms with Gasteiger partial charge < -0.3 is 5.11 Å². The van der Waals surface area contributed by atoms with Gasteiger partial charge in [-0.15, -0.1) is 10.2 Å². The molecule has 0 radical (unpaired) electrons. The molecule has 0 aliphatic rings. The first-order chi connectivity index (χ1) is 13.9. The molecule has 0 saturated heterocycles. The second-order valence-electron chi connectivity index (χ2n) is 6.20. The lowest BCUT2D eigenvalue weighted by molar-refractivity contribution is -0.384. The van der Waals surface area contributed by atoms with Crippen molar-refractivity contribution in [3.63, 3.8) is 0 Å². The second-order valence-corrected chi connectivity index (χ2v) is 7.21. The van der Waals surface area contributed by atoms with E-state index < -0.39 is 10.5 Å². The van der Waals surface area contributed by atoms with Crippen LogP contribution < -0.4 is 5.56 Å². The number of aromatic nitrogens is 2. The summed E-state index contributed by atoms with van der Waals surface area (Å²) in [4.78, 5) is 27.4. The molecule has 10 nitrogen and oxygen atoms in total. The molecule has 3 aromatic rings. The Hall–Kier alpha value is -3.65. The van der Waals surface area contributed by atoms with Gasteiger partial charge in [0.1, 0.15) is 11.6 Å². The highest BCUT2D eigenvalue weighted by Crippen LogP contribution is 2.32. The van der Waals surface area contributed by atoms with Gasteiger partial charge in [-0.3, -0.25) is 19.5 Å². The fourth-order valence-corrected chi connectivity index (χ4v) is 3.55. The van der Waals surface area contributed by atoms with E-state index in [2.05, 4.69) is 15.2 Å². The summed E-state index contributed by atoms with van der Waals surface area (Å²) < 4.78 is 1.68. The largest absolute Gasteiger partial charge is 0.493 e. The molecule has 0 aliphatic heterocycles. The number of nitrogens with zero attached hydrogens (tertiary/aromatic N) is 6. The van der Waals surface area contributed by atoms with Gasteiger partial charge in [-0.2, -0.15) is 5.26 Å². The molecule has 2 heterocycles. The molecular weight excluding hydrogens is 396 g/mol. The topological polar surface area (TPSA) is 147 Å². The van der Waals surface area contributed by atoms with Crippen molar-refractivity contribution in [3.05, 3.63) is 49.8 Å². The predicted octanol–water partition coefficient (Wildman–Crippen LogP) is 4.47. The molecule has 0 atom stereocenters. The summed E-state index contributed by atoms with van der Waals surface area (Å²) >= 11 is 1.09. The maximum Gasteiger partial charge on any atom is 0.281 e. The number of nitriles is 1. The van der Waals surface area contributed by atoms with Gasteiger partial charge in [-0.25, -0.2) is 4.98 Å². The van der Waals surface area contributed by atoms with Gasteiger partial charge in [-0.1, -0.05) is 24.7 Å². The molecule has 0 aliphatic carbocycles. The number of hydrogen-bond donors (Lipinski definition) is 1. The van der Waals surface area contributed by atoms with Gasteiger partial charge in [0, 0.05) is 24.2 Å². The van der Waals surface area contributed by atoms with E-state index in [9.17, 15) is 25.3 Å². The standard InChI is InChI=1S/C18H16N6O4S/c1-3-4-7-23-16(25)12(9-19)10(2)15(17(23)26)21-22-18-20-13-6-5-11(24(27)28)8-14(13)29-18/h5-6,8,25H,3-4,7H2,1-2H3. The SMILES string of the molecule is CCCCn1c(O)c(C#N)c(C)c(N=Nc2nc3ccc([N+](=O)[O-])cc3s2)c1=O. The summed E-state index contributed by atoms with van der Waals surface area (Å²) in [5.41, 5.74) is 0.0537. The van der Waals surface area contributed by atoms with Crippen LogP contribution in [-0.2, 0) is 6.54 Å². The molecule has 11 heteroatoms. The molecule has 0 fully saturated rings. The normalized spacial score (nSPS) is 11.2. The average molecular weight is 412 g/mol. The minimum absolute atomic E-state index is 0.0328. The van der Waals surface area contributed by atoms with Crippen LogP contribution >= 0.6 is 11.3 Å². The zero-order chi connectivity index (χ0) is 21.1. The lowest BCUT2D eigenvalue weighted by atomic mass is 10.1. The highest BCUT2D eigenvalue weighted by atomic mass is 32.1. The summed E-state index contributed by atoms with van der Waals surface area (Å²) in [6.45, 7) is 3.71. The van der Waals surface area contributed by atoms with Gasteiger partial charge >= 0.3 is 0 Å². The third-order valence-corrected chi connectivity index (χ3v) is 5.21. The van der Waals surface area contributed by atoms with Crippen LogP contribution in [0.25, 0.3) is 10.2 Å². The first kappa shape index (κ1) is 20.1. The highest BCUT2D eigenvalue weighted by molar-refractivity contribution is 7.21. The number of nitro benzene ring substituents is 1. The first-order valence-electron chi connectivity index (χ1n) is 8.70.